The van der Waals surface area contributed by atoms with E-state index in [2.05, 4.69) is 9.88 Å². The molecule has 170 valence electrons. The van der Waals surface area contributed by atoms with Crippen LogP contribution in [0.3, 0.4) is 0 Å². The van der Waals surface area contributed by atoms with Gasteiger partial charge >= 0.3 is 0 Å². The molecule has 33 heavy (non-hydrogen) atoms. The Hall–Kier alpha value is -3.22. The number of nitrogens with one attached hydrogen (secondary N) is 1. The van der Waals surface area contributed by atoms with Crippen LogP contribution in [-0.4, -0.2) is 60.6 Å². The number of amides is 1. The number of likely N-dealkylation sites (N-methyl/N-ethyl adjacent to an activating group) is 1. The van der Waals surface area contributed by atoms with Crippen molar-refractivity contribution in [2.24, 2.45) is 0 Å². The molecule has 3 aromatic carbocycles. The molecule has 1 amide bonds. The highest BCUT2D eigenvalue weighted by Crippen LogP contribution is 2.45. The van der Waals surface area contributed by atoms with Gasteiger partial charge in [-0.1, -0.05) is 24.3 Å². The fourth-order valence-electron chi connectivity index (χ4n) is 4.55. The molecule has 0 bridgehead atoms. The summed E-state index contributed by atoms with van der Waals surface area (Å²) >= 11 is 6.31. The summed E-state index contributed by atoms with van der Waals surface area (Å²) < 4.78 is 5.83. The topological polar surface area (TPSA) is 68.8 Å². The molecule has 0 aliphatic carbocycles. The van der Waals surface area contributed by atoms with Gasteiger partial charge in [-0.05, 0) is 49.3 Å². The molecule has 0 saturated carbocycles. The van der Waals surface area contributed by atoms with Crippen LogP contribution in [0.2, 0.25) is 0 Å². The zero-order valence-electron chi connectivity index (χ0n) is 18.6. The average molecular weight is 464 g/mol. The van der Waals surface area contributed by atoms with E-state index in [0.29, 0.717) is 30.4 Å². The van der Waals surface area contributed by atoms with E-state index < -0.39 is 0 Å². The van der Waals surface area contributed by atoms with Crippen LogP contribution in [0.5, 0.6) is 11.5 Å². The Morgan fingerprint density at radius 3 is 2.73 bits per heavy atom. The Morgan fingerprint density at radius 1 is 1.18 bits per heavy atom. The molecule has 4 aromatic rings. The Kier molecular flexibility index (Phi) is 5.64. The molecule has 0 spiro atoms. The van der Waals surface area contributed by atoms with Crippen LogP contribution in [0.1, 0.15) is 22.0 Å². The maximum absolute atomic E-state index is 13.6. The van der Waals surface area contributed by atoms with E-state index in [4.69, 9.17) is 16.3 Å². The van der Waals surface area contributed by atoms with Crippen molar-refractivity contribution in [2.75, 3.05) is 44.6 Å². The normalized spacial score (nSPS) is 15.5. The van der Waals surface area contributed by atoms with Crippen molar-refractivity contribution in [1.82, 2.24) is 9.88 Å². The van der Waals surface area contributed by atoms with Gasteiger partial charge in [-0.3, -0.25) is 4.79 Å². The van der Waals surface area contributed by atoms with Crippen molar-refractivity contribution in [2.45, 2.75) is 5.92 Å². The molecule has 2 heterocycles. The smallest absolute Gasteiger partial charge is 0.274 e. The number of aromatic amines is 1. The highest BCUT2D eigenvalue weighted by Gasteiger charge is 2.35. The monoisotopic (exact) mass is 463 g/mol. The molecule has 1 aliphatic rings. The maximum Gasteiger partial charge on any atom is 0.274 e. The lowest BCUT2D eigenvalue weighted by atomic mass is 9.95. The van der Waals surface area contributed by atoms with Gasteiger partial charge in [0.05, 0.1) is 5.69 Å². The van der Waals surface area contributed by atoms with E-state index >= 15 is 0 Å². The van der Waals surface area contributed by atoms with Crippen LogP contribution in [0.4, 0.5) is 5.69 Å². The summed E-state index contributed by atoms with van der Waals surface area (Å²) in [7, 11) is 4.01. The summed E-state index contributed by atoms with van der Waals surface area (Å²) in [4.78, 5) is 20.6. The van der Waals surface area contributed by atoms with E-state index in [1.165, 1.54) is 0 Å². The lowest BCUT2D eigenvalue weighted by molar-refractivity contribution is 0.0984. The molecule has 1 aliphatic heterocycles. The number of alkyl halides is 1. The maximum atomic E-state index is 13.6. The number of benzene rings is 3. The predicted molar refractivity (Wildman–Crippen MR) is 133 cm³/mol. The first-order chi connectivity index (χ1) is 16.0. The third kappa shape index (κ3) is 3.90. The summed E-state index contributed by atoms with van der Waals surface area (Å²) in [5, 5.41) is 13.2. The number of rotatable bonds is 6. The molecule has 7 heteroatoms. The van der Waals surface area contributed by atoms with Gasteiger partial charge in [-0.2, -0.15) is 0 Å². The molecule has 5 rings (SSSR count). The van der Waals surface area contributed by atoms with E-state index in [1.807, 2.05) is 62.6 Å². The fraction of sp³-hybridized carbons (Fsp3) is 0.269. The molecule has 1 atom stereocenters. The number of anilines is 1. The average Bonchev–Trinajstić information content (AvgIpc) is 3.40. The number of phenols is 1. The quantitative estimate of drug-likeness (QED) is 0.397. The van der Waals surface area contributed by atoms with Gasteiger partial charge in [-0.15, -0.1) is 11.6 Å². The van der Waals surface area contributed by atoms with Crippen LogP contribution in [0.15, 0.2) is 54.6 Å². The number of aromatic hydroxyl groups is 1. The zero-order chi connectivity index (χ0) is 23.1. The van der Waals surface area contributed by atoms with Gasteiger partial charge in [0.1, 0.15) is 23.8 Å². The second kappa shape index (κ2) is 8.61. The Labute approximate surface area is 197 Å². The van der Waals surface area contributed by atoms with Gasteiger partial charge in [-0.25, -0.2) is 0 Å². The third-order valence-electron chi connectivity index (χ3n) is 6.21. The number of hydrogen-bond acceptors (Lipinski definition) is 4. The van der Waals surface area contributed by atoms with Crippen LogP contribution in [0, 0.1) is 0 Å². The second-order valence-electron chi connectivity index (χ2n) is 8.72. The molecule has 0 saturated heterocycles. The van der Waals surface area contributed by atoms with Crippen molar-refractivity contribution < 1.29 is 14.6 Å². The summed E-state index contributed by atoms with van der Waals surface area (Å²) in [5.74, 6) is 1.18. The molecule has 0 radical (unpaired) electrons. The number of nitrogens with zero attached hydrogens (tertiary/aromatic N) is 2. The van der Waals surface area contributed by atoms with Gasteiger partial charge in [0, 0.05) is 47.2 Å². The van der Waals surface area contributed by atoms with E-state index in [0.717, 1.165) is 39.5 Å². The standard InChI is InChI=1S/C26H26ClN3O3/c1-29(2)9-10-33-18-7-8-21-16(11-18)12-22(28-21)26(32)30-15-17(14-27)25-20-6-4-3-5-19(20)24(31)13-23(25)30/h3-8,11-13,17,28,31H,9-10,14-15H2,1-2H3. The van der Waals surface area contributed by atoms with E-state index in [-0.39, 0.29) is 17.6 Å². The number of hydrogen-bond donors (Lipinski definition) is 2. The summed E-state index contributed by atoms with van der Waals surface area (Å²) in [5.41, 5.74) is 3.09. The summed E-state index contributed by atoms with van der Waals surface area (Å²) in [6.45, 7) is 1.89. The fourth-order valence-corrected chi connectivity index (χ4v) is 4.80. The molecular formula is C26H26ClN3O3. The second-order valence-corrected chi connectivity index (χ2v) is 9.03. The predicted octanol–water partition coefficient (Wildman–Crippen LogP) is 4.95. The molecule has 1 aromatic heterocycles. The molecule has 0 fully saturated rings. The highest BCUT2D eigenvalue weighted by molar-refractivity contribution is 6.19. The van der Waals surface area contributed by atoms with Crippen molar-refractivity contribution in [3.05, 3.63) is 65.9 Å². The van der Waals surface area contributed by atoms with E-state index in [9.17, 15) is 9.90 Å². The van der Waals surface area contributed by atoms with Crippen LogP contribution >= 0.6 is 11.6 Å². The number of ether oxygens (including phenoxy) is 1. The number of fused-ring (bicyclic) bond motifs is 4. The molecular weight excluding hydrogens is 438 g/mol. The summed E-state index contributed by atoms with van der Waals surface area (Å²) in [6.07, 6.45) is 0. The van der Waals surface area contributed by atoms with E-state index in [1.54, 1.807) is 11.0 Å². The first kappa shape index (κ1) is 21.6. The van der Waals surface area contributed by atoms with Gasteiger partial charge < -0.3 is 24.6 Å². The van der Waals surface area contributed by atoms with Crippen molar-refractivity contribution in [1.29, 1.82) is 0 Å². The third-order valence-corrected chi connectivity index (χ3v) is 6.58. The Bertz CT molecular complexity index is 1350. The molecule has 6 nitrogen and oxygen atoms in total. The Balaban J connectivity index is 1.48. The van der Waals surface area contributed by atoms with Crippen LogP contribution in [0.25, 0.3) is 21.7 Å². The highest BCUT2D eigenvalue weighted by atomic mass is 35.5. The SMILES string of the molecule is CN(C)CCOc1ccc2[nH]c(C(=O)N3CC(CCl)c4c3cc(O)c3ccccc43)cc2c1. The van der Waals surface area contributed by atoms with Crippen molar-refractivity contribution >= 4 is 44.9 Å². The number of phenolic OH excluding ortho intramolecular Hbond substituents is 1. The van der Waals surface area contributed by atoms with Crippen LogP contribution in [-0.2, 0) is 0 Å². The van der Waals surface area contributed by atoms with Gasteiger partial charge in [0.15, 0.2) is 0 Å². The van der Waals surface area contributed by atoms with Crippen molar-refractivity contribution in [3.8, 4) is 11.5 Å². The summed E-state index contributed by atoms with van der Waals surface area (Å²) in [6, 6.07) is 17.0. The number of carbonyl (C=O) groups is 1. The number of H-pyrrole nitrogens is 1. The molecule has 2 N–H and O–H groups in total. The first-order valence-corrected chi connectivity index (χ1v) is 11.5. The Morgan fingerprint density at radius 2 is 1.97 bits per heavy atom. The van der Waals surface area contributed by atoms with Crippen LogP contribution < -0.4 is 9.64 Å². The lowest BCUT2D eigenvalue weighted by Crippen LogP contribution is -2.30. The van der Waals surface area contributed by atoms with Gasteiger partial charge in [0.25, 0.3) is 5.91 Å². The number of halogens is 1. The van der Waals surface area contributed by atoms with Gasteiger partial charge in [0.2, 0.25) is 0 Å². The minimum Gasteiger partial charge on any atom is -0.507 e. The van der Waals surface area contributed by atoms with Crippen molar-refractivity contribution in [3.63, 3.8) is 0 Å². The first-order valence-electron chi connectivity index (χ1n) is 11.0. The minimum atomic E-state index is -0.148. The number of aromatic nitrogens is 1. The minimum absolute atomic E-state index is 0.00260. The molecule has 1 unspecified atom stereocenters. The number of carbonyl (C=O) groups excluding carboxylic acids is 1. The lowest BCUT2D eigenvalue weighted by Gasteiger charge is -2.17. The largest absolute Gasteiger partial charge is 0.507 e. The zero-order valence-corrected chi connectivity index (χ0v) is 19.4.